The maximum Gasteiger partial charge on any atom is 0.193 e. The van der Waals surface area contributed by atoms with Gasteiger partial charge in [0.05, 0.1) is 12.7 Å². The molecular formula is C22H32F2IN3O2. The first-order valence-electron chi connectivity index (χ1n) is 10.8. The maximum absolute atomic E-state index is 14.6. The summed E-state index contributed by atoms with van der Waals surface area (Å²) < 4.78 is 40.9. The summed E-state index contributed by atoms with van der Waals surface area (Å²) >= 11 is 0. The molecule has 1 aromatic carbocycles. The van der Waals surface area contributed by atoms with Crippen LogP contribution in [0, 0.1) is 11.6 Å². The molecule has 4 rings (SSSR count). The van der Waals surface area contributed by atoms with Gasteiger partial charge in [0.2, 0.25) is 0 Å². The molecule has 5 nitrogen and oxygen atoms in total. The number of guanidine groups is 1. The van der Waals surface area contributed by atoms with E-state index in [0.29, 0.717) is 19.7 Å². The number of ether oxygens (including phenoxy) is 2. The maximum atomic E-state index is 14.6. The van der Waals surface area contributed by atoms with Gasteiger partial charge in [0.15, 0.2) is 5.96 Å². The molecule has 8 heteroatoms. The fourth-order valence-electron chi connectivity index (χ4n) is 5.14. The highest BCUT2D eigenvalue weighted by Crippen LogP contribution is 2.42. The molecule has 2 atom stereocenters. The monoisotopic (exact) mass is 535 g/mol. The van der Waals surface area contributed by atoms with Gasteiger partial charge in [-0.1, -0.05) is 18.9 Å². The van der Waals surface area contributed by atoms with Gasteiger partial charge in [0.25, 0.3) is 0 Å². The zero-order valence-electron chi connectivity index (χ0n) is 17.5. The Hall–Kier alpha value is -1.00. The average molecular weight is 535 g/mol. The van der Waals surface area contributed by atoms with Gasteiger partial charge in [-0.2, -0.15) is 0 Å². The van der Waals surface area contributed by atoms with Crippen LogP contribution < -0.4 is 5.32 Å². The van der Waals surface area contributed by atoms with Crippen LogP contribution in [0.15, 0.2) is 23.2 Å². The third-order valence-electron chi connectivity index (χ3n) is 6.62. The summed E-state index contributed by atoms with van der Waals surface area (Å²) in [5, 5.41) is 3.43. The highest BCUT2D eigenvalue weighted by Gasteiger charge is 2.40. The first-order chi connectivity index (χ1) is 14.1. The second-order valence-corrected chi connectivity index (χ2v) is 8.39. The Morgan fingerprint density at radius 3 is 2.47 bits per heavy atom. The largest absolute Gasteiger partial charge is 0.375 e. The van der Waals surface area contributed by atoms with Gasteiger partial charge in [-0.3, -0.25) is 4.99 Å². The lowest BCUT2D eigenvalue weighted by Crippen LogP contribution is -2.55. The number of nitrogens with one attached hydrogen (secondary N) is 1. The van der Waals surface area contributed by atoms with E-state index in [1.165, 1.54) is 18.2 Å². The molecule has 1 N–H and O–H groups in total. The number of halogens is 3. The van der Waals surface area contributed by atoms with E-state index < -0.39 is 17.0 Å². The van der Waals surface area contributed by atoms with Crippen molar-refractivity contribution in [1.29, 1.82) is 0 Å². The van der Waals surface area contributed by atoms with E-state index in [-0.39, 0.29) is 41.7 Å². The van der Waals surface area contributed by atoms with Crippen molar-refractivity contribution in [3.05, 3.63) is 35.4 Å². The zero-order valence-corrected chi connectivity index (χ0v) is 19.9. The van der Waals surface area contributed by atoms with Crippen LogP contribution in [0.5, 0.6) is 0 Å². The van der Waals surface area contributed by atoms with E-state index in [0.717, 1.165) is 57.6 Å². The Morgan fingerprint density at radius 1 is 1.13 bits per heavy atom. The summed E-state index contributed by atoms with van der Waals surface area (Å²) in [5.41, 5.74) is -0.314. The number of morpholine rings is 1. The summed E-state index contributed by atoms with van der Waals surface area (Å²) in [6, 6.07) is 4.16. The molecule has 3 aliphatic rings. The number of benzene rings is 1. The van der Waals surface area contributed by atoms with Gasteiger partial charge in [-0.25, -0.2) is 8.78 Å². The Morgan fingerprint density at radius 2 is 1.83 bits per heavy atom. The lowest BCUT2D eigenvalue weighted by atomic mass is 9.78. The van der Waals surface area contributed by atoms with Crippen molar-refractivity contribution >= 4 is 29.9 Å². The fourth-order valence-corrected chi connectivity index (χ4v) is 5.14. The molecule has 0 radical (unpaired) electrons. The molecule has 1 aliphatic carbocycles. The highest BCUT2D eigenvalue weighted by molar-refractivity contribution is 14.0. The van der Waals surface area contributed by atoms with Gasteiger partial charge < -0.3 is 19.7 Å². The lowest BCUT2D eigenvalue weighted by Gasteiger charge is -2.38. The standard InChI is InChI=1S/C22H31F2N3O2.HI/c1-25-21(27-11-13-29-19(14-27)18-8-5-12-28-18)26-15-22(9-2-3-10-22)20-16(23)6-4-7-17(20)24;/h4,6-7,18-19H,2-3,5,8-15H2,1H3,(H,25,26);1H. The zero-order chi connectivity index (χ0) is 20.3. The minimum absolute atomic E-state index is 0. The molecule has 2 heterocycles. The molecule has 1 aromatic rings. The Kier molecular flexibility index (Phi) is 8.31. The fraction of sp³-hybridized carbons (Fsp3) is 0.682. The van der Waals surface area contributed by atoms with E-state index in [2.05, 4.69) is 15.2 Å². The predicted octanol–water partition coefficient (Wildman–Crippen LogP) is 3.85. The minimum atomic E-state index is -0.536. The van der Waals surface area contributed by atoms with Crippen LogP contribution in [0.1, 0.15) is 44.1 Å². The van der Waals surface area contributed by atoms with Crippen LogP contribution in [0.2, 0.25) is 0 Å². The predicted molar refractivity (Wildman–Crippen MR) is 124 cm³/mol. The van der Waals surface area contributed by atoms with Crippen molar-refractivity contribution in [3.8, 4) is 0 Å². The van der Waals surface area contributed by atoms with E-state index in [4.69, 9.17) is 9.47 Å². The third kappa shape index (κ3) is 4.91. The summed E-state index contributed by atoms with van der Waals surface area (Å²) in [4.78, 5) is 6.63. The van der Waals surface area contributed by atoms with E-state index in [1.54, 1.807) is 7.05 Å². The number of aliphatic imine (C=N–C) groups is 1. The minimum Gasteiger partial charge on any atom is -0.375 e. The molecule has 1 saturated carbocycles. The first-order valence-corrected chi connectivity index (χ1v) is 10.8. The van der Waals surface area contributed by atoms with Crippen LogP contribution in [-0.2, 0) is 14.9 Å². The topological polar surface area (TPSA) is 46.1 Å². The lowest BCUT2D eigenvalue weighted by molar-refractivity contribution is -0.0817. The molecule has 0 bridgehead atoms. The molecule has 2 aliphatic heterocycles. The molecule has 30 heavy (non-hydrogen) atoms. The van der Waals surface area contributed by atoms with Crippen LogP contribution in [-0.4, -0.2) is 63.0 Å². The Balaban J connectivity index is 0.00000256. The molecule has 2 unspecified atom stereocenters. The van der Waals surface area contributed by atoms with E-state index in [1.807, 2.05) is 0 Å². The van der Waals surface area contributed by atoms with Gasteiger partial charge in [-0.15, -0.1) is 24.0 Å². The second-order valence-electron chi connectivity index (χ2n) is 8.39. The third-order valence-corrected chi connectivity index (χ3v) is 6.62. The number of rotatable bonds is 4. The SMILES string of the molecule is CN=C(NCC1(c2c(F)cccc2F)CCCC1)N1CCOC(C2CCCO2)C1.I. The first kappa shape index (κ1) is 23.7. The summed E-state index contributed by atoms with van der Waals surface area (Å²) in [7, 11) is 1.75. The molecule has 0 amide bonds. The van der Waals surface area contributed by atoms with Crippen molar-refractivity contribution in [1.82, 2.24) is 10.2 Å². The number of hydrogen-bond donors (Lipinski definition) is 1. The molecule has 168 valence electrons. The summed E-state index contributed by atoms with van der Waals surface area (Å²) in [6.45, 7) is 3.35. The van der Waals surface area contributed by atoms with Gasteiger partial charge in [-0.05, 0) is 37.8 Å². The van der Waals surface area contributed by atoms with Crippen molar-refractivity contribution in [3.63, 3.8) is 0 Å². The van der Waals surface area contributed by atoms with E-state index >= 15 is 0 Å². The Labute approximate surface area is 194 Å². The van der Waals surface area contributed by atoms with Crippen LogP contribution >= 0.6 is 24.0 Å². The van der Waals surface area contributed by atoms with Gasteiger partial charge in [0, 0.05) is 44.3 Å². The second kappa shape index (κ2) is 10.5. The van der Waals surface area contributed by atoms with Crippen molar-refractivity contribution in [2.45, 2.75) is 56.1 Å². The number of nitrogens with zero attached hydrogens (tertiary/aromatic N) is 2. The Bertz CT molecular complexity index is 717. The quantitative estimate of drug-likeness (QED) is 0.362. The van der Waals surface area contributed by atoms with E-state index in [9.17, 15) is 8.78 Å². The van der Waals surface area contributed by atoms with Gasteiger partial charge >= 0.3 is 0 Å². The van der Waals surface area contributed by atoms with Crippen LogP contribution in [0.3, 0.4) is 0 Å². The summed E-state index contributed by atoms with van der Waals surface area (Å²) in [6.07, 6.45) is 5.79. The van der Waals surface area contributed by atoms with Gasteiger partial charge in [0.1, 0.15) is 17.7 Å². The smallest absolute Gasteiger partial charge is 0.193 e. The normalized spacial score (nSPS) is 26.5. The highest BCUT2D eigenvalue weighted by atomic mass is 127. The average Bonchev–Trinajstić information content (AvgIpc) is 3.42. The molecule has 2 saturated heterocycles. The molecule has 0 spiro atoms. The van der Waals surface area contributed by atoms with Crippen molar-refractivity contribution < 1.29 is 18.3 Å². The van der Waals surface area contributed by atoms with Crippen molar-refractivity contribution in [2.24, 2.45) is 4.99 Å². The van der Waals surface area contributed by atoms with Crippen LogP contribution in [0.4, 0.5) is 8.78 Å². The molecule has 0 aromatic heterocycles. The molecular weight excluding hydrogens is 503 g/mol. The van der Waals surface area contributed by atoms with Crippen LogP contribution in [0.25, 0.3) is 0 Å². The summed E-state index contributed by atoms with van der Waals surface area (Å²) in [5.74, 6) is -0.138. The molecule has 3 fully saturated rings. The van der Waals surface area contributed by atoms with Crippen molar-refractivity contribution in [2.75, 3.05) is 39.9 Å². The number of hydrogen-bond acceptors (Lipinski definition) is 3.